The third kappa shape index (κ3) is 6.93. The molecule has 3 aliphatic heterocycles. The lowest BCUT2D eigenvalue weighted by Gasteiger charge is -2.43. The maximum absolute atomic E-state index is 14.0. The molecule has 12 heteroatoms. The van der Waals surface area contributed by atoms with Crippen LogP contribution >= 0.6 is 0 Å². The number of amides is 1. The highest BCUT2D eigenvalue weighted by Crippen LogP contribution is 2.33. The zero-order chi connectivity index (χ0) is 30.0. The number of hydrogen-bond donors (Lipinski definition) is 1. The minimum Gasteiger partial charge on any atom is -0.368 e. The molecule has 3 fully saturated rings. The fourth-order valence-corrected chi connectivity index (χ4v) is 7.19. The molecule has 0 radical (unpaired) electrons. The van der Waals surface area contributed by atoms with Crippen LogP contribution in [0.5, 0.6) is 0 Å². The highest BCUT2D eigenvalue weighted by atomic mass is 32.2. The van der Waals surface area contributed by atoms with Gasteiger partial charge >= 0.3 is 0 Å². The van der Waals surface area contributed by atoms with E-state index in [1.54, 1.807) is 26.1 Å². The van der Waals surface area contributed by atoms with Crippen LogP contribution in [0.2, 0.25) is 0 Å². The molecular formula is C30H43FN6O4S. The summed E-state index contributed by atoms with van der Waals surface area (Å²) in [6.07, 6.45) is 7.64. The van der Waals surface area contributed by atoms with E-state index in [-0.39, 0.29) is 30.0 Å². The maximum atomic E-state index is 14.0. The van der Waals surface area contributed by atoms with Crippen molar-refractivity contribution in [1.29, 1.82) is 0 Å². The maximum Gasteiger partial charge on any atom is 0.272 e. The predicted octanol–water partition coefficient (Wildman–Crippen LogP) is 3.53. The number of carbonyl (C=O) groups is 1. The van der Waals surface area contributed by atoms with Crippen LogP contribution in [0.15, 0.2) is 24.5 Å². The van der Waals surface area contributed by atoms with Gasteiger partial charge in [0.1, 0.15) is 23.7 Å². The summed E-state index contributed by atoms with van der Waals surface area (Å²) in [6, 6.07) is 5.73. The number of benzene rings is 1. The van der Waals surface area contributed by atoms with Gasteiger partial charge in [-0.3, -0.25) is 4.79 Å². The minimum absolute atomic E-state index is 0.0382. The van der Waals surface area contributed by atoms with Crippen molar-refractivity contribution in [3.8, 4) is 0 Å². The second-order valence-electron chi connectivity index (χ2n) is 12.0. The van der Waals surface area contributed by atoms with Crippen molar-refractivity contribution >= 4 is 21.7 Å². The molecular weight excluding hydrogens is 559 g/mol. The third-order valence-corrected chi connectivity index (χ3v) is 10.6. The lowest BCUT2D eigenvalue weighted by Crippen LogP contribution is -2.52. The van der Waals surface area contributed by atoms with E-state index in [0.29, 0.717) is 42.8 Å². The number of rotatable bonds is 8. The van der Waals surface area contributed by atoms with Gasteiger partial charge in [-0.15, -0.1) is 0 Å². The van der Waals surface area contributed by atoms with E-state index in [1.807, 2.05) is 17.9 Å². The quantitative estimate of drug-likeness (QED) is 0.489. The lowest BCUT2D eigenvalue weighted by molar-refractivity contribution is 0.0519. The molecule has 0 saturated carbocycles. The normalized spacial score (nSPS) is 23.0. The lowest BCUT2D eigenvalue weighted by atomic mass is 9.97. The van der Waals surface area contributed by atoms with Crippen LogP contribution in [-0.2, 0) is 14.8 Å². The van der Waals surface area contributed by atoms with Gasteiger partial charge in [0, 0.05) is 44.3 Å². The molecule has 1 aromatic heterocycles. The molecule has 1 amide bonds. The molecule has 1 aromatic carbocycles. The summed E-state index contributed by atoms with van der Waals surface area (Å²) in [6.45, 7) is 7.23. The Hall–Kier alpha value is -2.67. The van der Waals surface area contributed by atoms with Crippen LogP contribution < -0.4 is 5.32 Å². The molecule has 0 spiro atoms. The van der Waals surface area contributed by atoms with Crippen molar-refractivity contribution in [2.24, 2.45) is 0 Å². The van der Waals surface area contributed by atoms with Crippen LogP contribution in [-0.4, -0.2) is 103 Å². The average molecular weight is 603 g/mol. The number of likely N-dealkylation sites (tertiary alicyclic amines) is 2. The van der Waals surface area contributed by atoms with Crippen molar-refractivity contribution in [3.05, 3.63) is 52.7 Å². The number of hydrogen-bond acceptors (Lipinski definition) is 8. The number of aryl methyl sites for hydroxylation is 1. The first-order valence-corrected chi connectivity index (χ1v) is 16.8. The Bertz CT molecular complexity index is 1380. The van der Waals surface area contributed by atoms with Gasteiger partial charge in [0.2, 0.25) is 10.0 Å². The van der Waals surface area contributed by atoms with Gasteiger partial charge in [0.15, 0.2) is 0 Å². The van der Waals surface area contributed by atoms with Crippen LogP contribution in [0.25, 0.3) is 0 Å². The topological polar surface area (TPSA) is 108 Å². The number of sulfonamides is 1. The van der Waals surface area contributed by atoms with Gasteiger partial charge in [-0.05, 0) is 82.7 Å². The molecule has 0 aliphatic carbocycles. The first-order chi connectivity index (χ1) is 20.0. The summed E-state index contributed by atoms with van der Waals surface area (Å²) in [4.78, 5) is 26.5. The van der Waals surface area contributed by atoms with Gasteiger partial charge in [-0.2, -0.15) is 0 Å². The van der Waals surface area contributed by atoms with Crippen molar-refractivity contribution in [3.63, 3.8) is 0 Å². The summed E-state index contributed by atoms with van der Waals surface area (Å²) in [5.74, 6) is 0.331. The second-order valence-corrected chi connectivity index (χ2v) is 14.0. The van der Waals surface area contributed by atoms with E-state index < -0.39 is 10.0 Å². The van der Waals surface area contributed by atoms with Crippen LogP contribution in [0.3, 0.4) is 0 Å². The number of anilines is 1. The van der Waals surface area contributed by atoms with Crippen LogP contribution in [0.1, 0.15) is 71.8 Å². The zero-order valence-corrected chi connectivity index (χ0v) is 25.9. The molecule has 4 heterocycles. The highest BCUT2D eigenvalue weighted by Gasteiger charge is 2.33. The second kappa shape index (κ2) is 12.9. The number of nitrogens with one attached hydrogen (secondary N) is 1. The van der Waals surface area contributed by atoms with Crippen molar-refractivity contribution in [1.82, 2.24) is 24.1 Å². The monoisotopic (exact) mass is 602 g/mol. The van der Waals surface area contributed by atoms with Crippen LogP contribution in [0.4, 0.5) is 10.2 Å². The molecule has 2 atom stereocenters. The zero-order valence-electron chi connectivity index (χ0n) is 25.1. The van der Waals surface area contributed by atoms with Crippen molar-refractivity contribution in [2.75, 3.05) is 51.3 Å². The smallest absolute Gasteiger partial charge is 0.272 e. The Balaban J connectivity index is 1.11. The van der Waals surface area contributed by atoms with Crippen molar-refractivity contribution in [2.45, 2.75) is 76.7 Å². The van der Waals surface area contributed by atoms with Gasteiger partial charge in [0.25, 0.3) is 5.91 Å². The van der Waals surface area contributed by atoms with E-state index in [2.05, 4.69) is 20.2 Å². The van der Waals surface area contributed by atoms with E-state index in [4.69, 9.17) is 4.74 Å². The Morgan fingerprint density at radius 3 is 2.45 bits per heavy atom. The SMILES string of the molecule is Cc1ccc(C2CCC(CNc3ncnc(C(=O)N4CCC(N5CCC(N(C)S(C)(=O)=O)CC5)CC4)c3C)O2)cc1F. The number of ether oxygens (including phenoxy) is 1. The fraction of sp³-hybridized carbons (Fsp3) is 0.633. The Morgan fingerprint density at radius 1 is 1.07 bits per heavy atom. The molecule has 5 rings (SSSR count). The van der Waals surface area contributed by atoms with Gasteiger partial charge in [-0.25, -0.2) is 27.1 Å². The molecule has 2 unspecified atom stereocenters. The molecule has 2 aromatic rings. The fourth-order valence-electron chi connectivity index (χ4n) is 6.43. The number of nitrogens with zero attached hydrogens (tertiary/aromatic N) is 5. The number of piperidine rings is 2. The van der Waals surface area contributed by atoms with Crippen molar-refractivity contribution < 1.29 is 22.3 Å². The van der Waals surface area contributed by atoms with Crippen LogP contribution in [0, 0.1) is 19.7 Å². The largest absolute Gasteiger partial charge is 0.368 e. The Kier molecular flexibility index (Phi) is 9.46. The Labute approximate surface area is 248 Å². The average Bonchev–Trinajstić information content (AvgIpc) is 3.46. The van der Waals surface area contributed by atoms with E-state index in [1.165, 1.54) is 16.9 Å². The number of carbonyl (C=O) groups excluding carboxylic acids is 1. The predicted molar refractivity (Wildman–Crippen MR) is 159 cm³/mol. The number of halogens is 1. The van der Waals surface area contributed by atoms with Gasteiger partial charge < -0.3 is 19.9 Å². The summed E-state index contributed by atoms with van der Waals surface area (Å²) in [7, 11) is -1.51. The molecule has 1 N–H and O–H groups in total. The van der Waals surface area contributed by atoms with E-state index in [9.17, 15) is 17.6 Å². The third-order valence-electron chi connectivity index (χ3n) is 9.26. The van der Waals surface area contributed by atoms with E-state index in [0.717, 1.165) is 62.7 Å². The molecule has 230 valence electrons. The molecule has 10 nitrogen and oxygen atoms in total. The molecule has 3 saturated heterocycles. The molecule has 3 aliphatic rings. The first kappa shape index (κ1) is 30.8. The highest BCUT2D eigenvalue weighted by molar-refractivity contribution is 7.88. The number of aromatic nitrogens is 2. The Morgan fingerprint density at radius 2 is 1.79 bits per heavy atom. The first-order valence-electron chi connectivity index (χ1n) is 14.9. The molecule has 0 bridgehead atoms. The van der Waals surface area contributed by atoms with E-state index >= 15 is 0 Å². The van der Waals surface area contributed by atoms with Gasteiger partial charge in [-0.1, -0.05) is 12.1 Å². The molecule has 42 heavy (non-hydrogen) atoms. The standard InChI is InChI=1S/C30H43FN6O4S/c1-20-5-6-22(17-26(20)31)27-8-7-25(41-27)18-32-29-21(2)28(33-19-34-29)30(38)37-15-11-24(12-16-37)36-13-9-23(10-14-36)35(3)42(4,39)40/h5-6,17,19,23-25,27H,7-16,18H2,1-4H3,(H,32,33,34). The minimum atomic E-state index is -3.18. The van der Waals surface area contributed by atoms with Gasteiger partial charge in [0.05, 0.1) is 18.5 Å². The summed E-state index contributed by atoms with van der Waals surface area (Å²) in [5, 5.41) is 3.35. The summed E-state index contributed by atoms with van der Waals surface area (Å²) < 4.78 is 45.5. The summed E-state index contributed by atoms with van der Waals surface area (Å²) >= 11 is 0. The summed E-state index contributed by atoms with van der Waals surface area (Å²) in [5.41, 5.74) is 2.62.